The second-order valence-electron chi connectivity index (χ2n) is 2.39. The Morgan fingerprint density at radius 2 is 2.55 bits per heavy atom. The number of carboxylic acid groups (broad SMARTS) is 1. The summed E-state index contributed by atoms with van der Waals surface area (Å²) >= 11 is 0. The van der Waals surface area contributed by atoms with E-state index in [1.165, 1.54) is 0 Å². The van der Waals surface area contributed by atoms with Crippen LogP contribution >= 0.6 is 0 Å². The lowest BCUT2D eigenvalue weighted by Crippen LogP contribution is -2.01. The molecule has 0 unspecified atom stereocenters. The van der Waals surface area contributed by atoms with E-state index in [1.807, 2.05) is 11.6 Å². The van der Waals surface area contributed by atoms with Crippen LogP contribution in [-0.4, -0.2) is 20.6 Å². The van der Waals surface area contributed by atoms with E-state index in [9.17, 15) is 4.79 Å². The van der Waals surface area contributed by atoms with Crippen molar-refractivity contribution in [1.82, 2.24) is 9.55 Å². The molecule has 4 heteroatoms. The fraction of sp³-hybridized carbons (Fsp3) is 0.429. The van der Waals surface area contributed by atoms with Gasteiger partial charge in [0.1, 0.15) is 0 Å². The van der Waals surface area contributed by atoms with Crippen LogP contribution in [0.5, 0.6) is 0 Å². The number of aliphatic carboxylic acids is 1. The highest BCUT2D eigenvalue weighted by Crippen LogP contribution is 1.99. The predicted octanol–water partition coefficient (Wildman–Crippen LogP) is 0.437. The maximum atomic E-state index is 10.2. The van der Waals surface area contributed by atoms with Crippen LogP contribution in [0.4, 0.5) is 0 Å². The standard InChI is InChI=1S/C7H10N2O2/c1-9-5-8-4-6(9)2-3-7(10)11/h4-5H,2-3H2,1H3,(H,10,11). The second-order valence-corrected chi connectivity index (χ2v) is 2.39. The molecular formula is C7H10N2O2. The Labute approximate surface area is 64.5 Å². The zero-order valence-corrected chi connectivity index (χ0v) is 6.32. The topological polar surface area (TPSA) is 55.1 Å². The molecule has 0 radical (unpaired) electrons. The van der Waals surface area contributed by atoms with E-state index in [0.29, 0.717) is 6.42 Å². The molecular weight excluding hydrogens is 144 g/mol. The molecule has 0 saturated heterocycles. The maximum absolute atomic E-state index is 10.2. The molecule has 0 fully saturated rings. The minimum atomic E-state index is -0.772. The second kappa shape index (κ2) is 3.18. The van der Waals surface area contributed by atoms with Gasteiger partial charge in [-0.2, -0.15) is 0 Å². The molecule has 0 atom stereocenters. The van der Waals surface area contributed by atoms with Crippen LogP contribution in [-0.2, 0) is 18.3 Å². The minimum absolute atomic E-state index is 0.166. The summed E-state index contributed by atoms with van der Waals surface area (Å²) in [7, 11) is 1.85. The van der Waals surface area contributed by atoms with Gasteiger partial charge in [-0.25, -0.2) is 4.98 Å². The highest BCUT2D eigenvalue weighted by atomic mass is 16.4. The van der Waals surface area contributed by atoms with Crippen LogP contribution in [0, 0.1) is 0 Å². The van der Waals surface area contributed by atoms with Gasteiger partial charge in [-0.15, -0.1) is 0 Å². The average Bonchev–Trinajstić information content (AvgIpc) is 2.31. The molecule has 11 heavy (non-hydrogen) atoms. The number of nitrogens with zero attached hydrogens (tertiary/aromatic N) is 2. The van der Waals surface area contributed by atoms with E-state index in [0.717, 1.165) is 5.69 Å². The molecule has 1 rings (SSSR count). The Morgan fingerprint density at radius 1 is 1.82 bits per heavy atom. The average molecular weight is 154 g/mol. The van der Waals surface area contributed by atoms with Crippen molar-refractivity contribution in [1.29, 1.82) is 0 Å². The summed E-state index contributed by atoms with van der Waals surface area (Å²) in [6.45, 7) is 0. The third kappa shape index (κ3) is 2.07. The summed E-state index contributed by atoms with van der Waals surface area (Å²) in [5.74, 6) is -0.772. The van der Waals surface area contributed by atoms with E-state index in [4.69, 9.17) is 5.11 Å². The largest absolute Gasteiger partial charge is 0.481 e. The van der Waals surface area contributed by atoms with Crippen molar-refractivity contribution < 1.29 is 9.90 Å². The highest BCUT2D eigenvalue weighted by Gasteiger charge is 2.01. The number of carbonyl (C=O) groups is 1. The van der Waals surface area contributed by atoms with Crippen LogP contribution in [0.25, 0.3) is 0 Å². The first-order chi connectivity index (χ1) is 5.20. The molecule has 0 aliphatic heterocycles. The Hall–Kier alpha value is -1.32. The van der Waals surface area contributed by atoms with E-state index in [2.05, 4.69) is 4.98 Å². The molecule has 1 heterocycles. The van der Waals surface area contributed by atoms with Gasteiger partial charge >= 0.3 is 5.97 Å². The third-order valence-corrected chi connectivity index (χ3v) is 1.51. The first-order valence-electron chi connectivity index (χ1n) is 3.37. The number of rotatable bonds is 3. The highest BCUT2D eigenvalue weighted by molar-refractivity contribution is 5.66. The number of carboxylic acids is 1. The van der Waals surface area contributed by atoms with Crippen LogP contribution in [0.1, 0.15) is 12.1 Å². The molecule has 0 bridgehead atoms. The Bertz CT molecular complexity index is 255. The van der Waals surface area contributed by atoms with Crippen molar-refractivity contribution >= 4 is 5.97 Å². The molecule has 1 aromatic rings. The lowest BCUT2D eigenvalue weighted by Gasteiger charge is -1.97. The van der Waals surface area contributed by atoms with Gasteiger partial charge in [0.25, 0.3) is 0 Å². The lowest BCUT2D eigenvalue weighted by molar-refractivity contribution is -0.136. The van der Waals surface area contributed by atoms with Crippen molar-refractivity contribution in [3.8, 4) is 0 Å². The maximum Gasteiger partial charge on any atom is 0.303 e. The van der Waals surface area contributed by atoms with Crippen LogP contribution in [0.15, 0.2) is 12.5 Å². The molecule has 0 aliphatic rings. The fourth-order valence-corrected chi connectivity index (χ4v) is 0.861. The smallest absolute Gasteiger partial charge is 0.303 e. The Kier molecular flexibility index (Phi) is 2.25. The van der Waals surface area contributed by atoms with Crippen molar-refractivity contribution in [3.05, 3.63) is 18.2 Å². The number of imidazole rings is 1. The minimum Gasteiger partial charge on any atom is -0.481 e. The van der Waals surface area contributed by atoms with E-state index < -0.39 is 5.97 Å². The molecule has 0 amide bonds. The molecule has 4 nitrogen and oxygen atoms in total. The van der Waals surface area contributed by atoms with Crippen LogP contribution in [0.3, 0.4) is 0 Å². The van der Waals surface area contributed by atoms with Gasteiger partial charge in [0, 0.05) is 18.9 Å². The molecule has 1 aromatic heterocycles. The van der Waals surface area contributed by atoms with Crippen LogP contribution in [0.2, 0.25) is 0 Å². The van der Waals surface area contributed by atoms with Gasteiger partial charge in [0.05, 0.1) is 12.7 Å². The van der Waals surface area contributed by atoms with Crippen molar-refractivity contribution in [2.75, 3.05) is 0 Å². The summed E-state index contributed by atoms with van der Waals surface area (Å²) in [4.78, 5) is 14.0. The number of aromatic nitrogens is 2. The van der Waals surface area contributed by atoms with Crippen molar-refractivity contribution in [2.45, 2.75) is 12.8 Å². The summed E-state index contributed by atoms with van der Waals surface area (Å²) in [6.07, 6.45) is 4.06. The van der Waals surface area contributed by atoms with Gasteiger partial charge in [-0.1, -0.05) is 0 Å². The molecule has 0 aliphatic carbocycles. The van der Waals surface area contributed by atoms with Crippen molar-refractivity contribution in [2.24, 2.45) is 7.05 Å². The van der Waals surface area contributed by atoms with Crippen LogP contribution < -0.4 is 0 Å². The quantitative estimate of drug-likeness (QED) is 0.687. The van der Waals surface area contributed by atoms with Gasteiger partial charge in [-0.05, 0) is 6.42 Å². The third-order valence-electron chi connectivity index (χ3n) is 1.51. The number of hydrogen-bond acceptors (Lipinski definition) is 2. The SMILES string of the molecule is Cn1cncc1CCC(=O)O. The van der Waals surface area contributed by atoms with E-state index in [-0.39, 0.29) is 6.42 Å². The molecule has 0 spiro atoms. The molecule has 1 N–H and O–H groups in total. The summed E-state index contributed by atoms with van der Waals surface area (Å²) < 4.78 is 1.82. The van der Waals surface area contributed by atoms with E-state index in [1.54, 1.807) is 12.5 Å². The van der Waals surface area contributed by atoms with Crippen molar-refractivity contribution in [3.63, 3.8) is 0 Å². The van der Waals surface area contributed by atoms with Gasteiger partial charge < -0.3 is 9.67 Å². The molecule has 60 valence electrons. The van der Waals surface area contributed by atoms with Gasteiger partial charge in [0.2, 0.25) is 0 Å². The Morgan fingerprint density at radius 3 is 3.00 bits per heavy atom. The zero-order valence-electron chi connectivity index (χ0n) is 6.32. The first-order valence-corrected chi connectivity index (χ1v) is 3.37. The molecule has 0 saturated carbocycles. The summed E-state index contributed by atoms with van der Waals surface area (Å²) in [6, 6.07) is 0. The zero-order chi connectivity index (χ0) is 8.27. The normalized spacial score (nSPS) is 9.91. The molecule has 0 aromatic carbocycles. The first kappa shape index (κ1) is 7.78. The monoisotopic (exact) mass is 154 g/mol. The fourth-order valence-electron chi connectivity index (χ4n) is 0.861. The lowest BCUT2D eigenvalue weighted by atomic mass is 10.2. The summed E-state index contributed by atoms with van der Waals surface area (Å²) in [5.41, 5.74) is 0.951. The van der Waals surface area contributed by atoms with Gasteiger partial charge in [-0.3, -0.25) is 4.79 Å². The summed E-state index contributed by atoms with van der Waals surface area (Å²) in [5, 5.41) is 8.37. The van der Waals surface area contributed by atoms with Gasteiger partial charge in [0.15, 0.2) is 0 Å². The number of aryl methyl sites for hydroxylation is 2. The van der Waals surface area contributed by atoms with E-state index >= 15 is 0 Å². The number of hydrogen-bond donors (Lipinski definition) is 1. The Balaban J connectivity index is 2.51. The predicted molar refractivity (Wildman–Crippen MR) is 39.2 cm³/mol.